The van der Waals surface area contributed by atoms with E-state index in [0.717, 1.165) is 30.8 Å². The van der Waals surface area contributed by atoms with Crippen LogP contribution in [0.5, 0.6) is 5.75 Å². The zero-order chi connectivity index (χ0) is 13.7. The first-order valence-electron chi connectivity index (χ1n) is 6.88. The van der Waals surface area contributed by atoms with Crippen LogP contribution in [-0.4, -0.2) is 36.5 Å². The Morgan fingerprint density at radius 3 is 2.89 bits per heavy atom. The number of benzene rings is 1. The zero-order valence-corrected chi connectivity index (χ0v) is 11.3. The number of aryl methyl sites for hydroxylation is 1. The van der Waals surface area contributed by atoms with Gasteiger partial charge in [-0.2, -0.15) is 0 Å². The maximum Gasteiger partial charge on any atom is 0.488 e. The highest BCUT2D eigenvalue weighted by Gasteiger charge is 2.15. The van der Waals surface area contributed by atoms with Gasteiger partial charge < -0.3 is 19.5 Å². The molecule has 1 aliphatic rings. The predicted octanol–water partition coefficient (Wildman–Crippen LogP) is 1.01. The Kier molecular flexibility index (Phi) is 5.25. The Morgan fingerprint density at radius 2 is 2.26 bits per heavy atom. The van der Waals surface area contributed by atoms with Gasteiger partial charge in [0.05, 0.1) is 12.7 Å². The fourth-order valence-corrected chi connectivity index (χ4v) is 2.40. The molecule has 1 aromatic carbocycles. The van der Waals surface area contributed by atoms with Gasteiger partial charge in [-0.15, -0.1) is 0 Å². The van der Waals surface area contributed by atoms with Crippen molar-refractivity contribution in [3.63, 3.8) is 0 Å². The molecule has 1 saturated heterocycles. The van der Waals surface area contributed by atoms with Crippen LogP contribution >= 0.6 is 0 Å². The molecule has 0 spiro atoms. The summed E-state index contributed by atoms with van der Waals surface area (Å²) in [4.78, 5) is 0. The fourth-order valence-electron chi connectivity index (χ4n) is 2.40. The van der Waals surface area contributed by atoms with Crippen molar-refractivity contribution in [1.82, 2.24) is 0 Å². The Labute approximate surface area is 114 Å². The molecular formula is C14H21BO4. The summed E-state index contributed by atoms with van der Waals surface area (Å²) in [5, 5.41) is 18.3. The Balaban J connectivity index is 1.74. The smallest absolute Gasteiger partial charge is 0.488 e. The molecule has 19 heavy (non-hydrogen) atoms. The molecule has 1 atom stereocenters. The second kappa shape index (κ2) is 6.94. The second-order valence-electron chi connectivity index (χ2n) is 5.02. The molecule has 5 heteroatoms. The van der Waals surface area contributed by atoms with Crippen molar-refractivity contribution in [1.29, 1.82) is 0 Å². The van der Waals surface area contributed by atoms with Crippen molar-refractivity contribution in [2.24, 2.45) is 0 Å². The lowest BCUT2D eigenvalue weighted by atomic mass is 9.77. The standard InChI is InChI=1S/C14H21BO4/c1-11-10-13(6-7-14(11)15(16)17)19-9-3-5-12-4-2-8-18-12/h6-7,10,12,16-17H,2-5,8-9H2,1H3. The van der Waals surface area contributed by atoms with Gasteiger partial charge in [0.1, 0.15) is 5.75 Å². The summed E-state index contributed by atoms with van der Waals surface area (Å²) in [6.07, 6.45) is 4.79. The molecular weight excluding hydrogens is 243 g/mol. The first-order valence-corrected chi connectivity index (χ1v) is 6.88. The van der Waals surface area contributed by atoms with Crippen molar-refractivity contribution >= 4 is 12.6 Å². The van der Waals surface area contributed by atoms with Gasteiger partial charge in [-0.3, -0.25) is 0 Å². The van der Waals surface area contributed by atoms with Crippen LogP contribution in [0, 0.1) is 6.92 Å². The molecule has 104 valence electrons. The number of rotatable bonds is 6. The van der Waals surface area contributed by atoms with Gasteiger partial charge in [-0.25, -0.2) is 0 Å². The van der Waals surface area contributed by atoms with Gasteiger partial charge >= 0.3 is 7.12 Å². The van der Waals surface area contributed by atoms with E-state index >= 15 is 0 Å². The third-order valence-corrected chi connectivity index (χ3v) is 3.48. The lowest BCUT2D eigenvalue weighted by molar-refractivity contribution is 0.0981. The molecule has 4 nitrogen and oxygen atoms in total. The van der Waals surface area contributed by atoms with Gasteiger partial charge in [0.25, 0.3) is 0 Å². The van der Waals surface area contributed by atoms with E-state index in [1.807, 2.05) is 13.0 Å². The summed E-state index contributed by atoms with van der Waals surface area (Å²) in [7, 11) is -1.42. The minimum absolute atomic E-state index is 0.414. The van der Waals surface area contributed by atoms with Gasteiger partial charge in [0, 0.05) is 6.61 Å². The van der Waals surface area contributed by atoms with Crippen molar-refractivity contribution < 1.29 is 19.5 Å². The first kappa shape index (κ1) is 14.4. The summed E-state index contributed by atoms with van der Waals surface area (Å²) < 4.78 is 11.2. The Hall–Kier alpha value is -1.04. The van der Waals surface area contributed by atoms with E-state index in [4.69, 9.17) is 19.5 Å². The molecule has 1 aromatic rings. The van der Waals surface area contributed by atoms with E-state index in [1.165, 1.54) is 12.8 Å². The molecule has 2 N–H and O–H groups in total. The lowest BCUT2D eigenvalue weighted by Gasteiger charge is -2.11. The summed E-state index contributed by atoms with van der Waals surface area (Å²) in [5.74, 6) is 0.772. The van der Waals surface area contributed by atoms with Crippen molar-refractivity contribution in [3.05, 3.63) is 23.8 Å². The van der Waals surface area contributed by atoms with Gasteiger partial charge in [-0.05, 0) is 55.8 Å². The largest absolute Gasteiger partial charge is 0.494 e. The Bertz CT molecular complexity index is 402. The highest BCUT2D eigenvalue weighted by atomic mass is 16.5. The van der Waals surface area contributed by atoms with Crippen LogP contribution in [0.3, 0.4) is 0 Å². The lowest BCUT2D eigenvalue weighted by Crippen LogP contribution is -2.31. The average Bonchev–Trinajstić information content (AvgIpc) is 2.87. The SMILES string of the molecule is Cc1cc(OCCCC2CCCO2)ccc1B(O)O. The first-order chi connectivity index (χ1) is 9.16. The third kappa shape index (κ3) is 4.23. The normalized spacial score (nSPS) is 18.6. The molecule has 1 unspecified atom stereocenters. The number of hydrogen-bond donors (Lipinski definition) is 2. The zero-order valence-electron chi connectivity index (χ0n) is 11.3. The van der Waals surface area contributed by atoms with Gasteiger partial charge in [0.2, 0.25) is 0 Å². The van der Waals surface area contributed by atoms with Crippen LogP contribution in [0.2, 0.25) is 0 Å². The van der Waals surface area contributed by atoms with Crippen molar-refractivity contribution in [2.45, 2.75) is 38.7 Å². The van der Waals surface area contributed by atoms with Gasteiger partial charge in [-0.1, -0.05) is 6.07 Å². The van der Waals surface area contributed by atoms with E-state index in [0.29, 0.717) is 18.2 Å². The topological polar surface area (TPSA) is 58.9 Å². The monoisotopic (exact) mass is 264 g/mol. The predicted molar refractivity (Wildman–Crippen MR) is 74.7 cm³/mol. The van der Waals surface area contributed by atoms with Crippen LogP contribution in [0.4, 0.5) is 0 Å². The number of hydrogen-bond acceptors (Lipinski definition) is 4. The highest BCUT2D eigenvalue weighted by Crippen LogP contribution is 2.17. The molecule has 0 saturated carbocycles. The molecule has 1 fully saturated rings. The minimum atomic E-state index is -1.42. The highest BCUT2D eigenvalue weighted by molar-refractivity contribution is 6.59. The molecule has 0 amide bonds. The van der Waals surface area contributed by atoms with E-state index in [9.17, 15) is 0 Å². The molecule has 0 radical (unpaired) electrons. The van der Waals surface area contributed by atoms with Crippen molar-refractivity contribution in [3.8, 4) is 5.75 Å². The molecule has 1 heterocycles. The van der Waals surface area contributed by atoms with E-state index in [2.05, 4.69) is 0 Å². The van der Waals surface area contributed by atoms with Crippen LogP contribution < -0.4 is 10.2 Å². The van der Waals surface area contributed by atoms with Crippen LogP contribution in [0.25, 0.3) is 0 Å². The summed E-state index contributed by atoms with van der Waals surface area (Å²) in [6.45, 7) is 3.41. The average molecular weight is 264 g/mol. The van der Waals surface area contributed by atoms with Crippen molar-refractivity contribution in [2.75, 3.05) is 13.2 Å². The second-order valence-corrected chi connectivity index (χ2v) is 5.02. The summed E-state index contributed by atoms with van der Waals surface area (Å²) in [6, 6.07) is 5.30. The summed E-state index contributed by atoms with van der Waals surface area (Å²) in [5.41, 5.74) is 1.35. The molecule has 0 aromatic heterocycles. The Morgan fingerprint density at radius 1 is 1.42 bits per heavy atom. The van der Waals surface area contributed by atoms with Gasteiger partial charge in [0.15, 0.2) is 0 Å². The third-order valence-electron chi connectivity index (χ3n) is 3.48. The number of ether oxygens (including phenoxy) is 2. The fraction of sp³-hybridized carbons (Fsp3) is 0.571. The summed E-state index contributed by atoms with van der Waals surface area (Å²) >= 11 is 0. The molecule has 0 bridgehead atoms. The molecule has 2 rings (SSSR count). The molecule has 1 aliphatic heterocycles. The molecule has 0 aliphatic carbocycles. The van der Waals surface area contributed by atoms with E-state index in [1.54, 1.807) is 12.1 Å². The van der Waals surface area contributed by atoms with Crippen LogP contribution in [0.15, 0.2) is 18.2 Å². The van der Waals surface area contributed by atoms with E-state index < -0.39 is 7.12 Å². The van der Waals surface area contributed by atoms with Crippen LogP contribution in [-0.2, 0) is 4.74 Å². The van der Waals surface area contributed by atoms with E-state index in [-0.39, 0.29) is 0 Å². The van der Waals surface area contributed by atoms with Crippen LogP contribution in [0.1, 0.15) is 31.2 Å². The maximum absolute atomic E-state index is 9.13. The quantitative estimate of drug-likeness (QED) is 0.594. The minimum Gasteiger partial charge on any atom is -0.494 e. The maximum atomic E-state index is 9.13.